The van der Waals surface area contributed by atoms with Crippen molar-refractivity contribution in [1.82, 2.24) is 24.8 Å². The number of nitrogens with one attached hydrogen (secondary N) is 1. The minimum atomic E-state index is -4.69. The fraction of sp³-hybridized carbons (Fsp3) is 0.333. The van der Waals surface area contributed by atoms with Gasteiger partial charge in [-0.25, -0.2) is 9.97 Å². The summed E-state index contributed by atoms with van der Waals surface area (Å²) >= 11 is 13.7. The van der Waals surface area contributed by atoms with Gasteiger partial charge in [0, 0.05) is 56.0 Å². The van der Waals surface area contributed by atoms with Gasteiger partial charge in [0.1, 0.15) is 11.4 Å². The predicted octanol–water partition coefficient (Wildman–Crippen LogP) is 5.32. The van der Waals surface area contributed by atoms with Crippen LogP contribution in [-0.4, -0.2) is 86.9 Å². The summed E-state index contributed by atoms with van der Waals surface area (Å²) in [5.74, 6) is -0.541. The number of benzene rings is 2. The predicted molar refractivity (Wildman–Crippen MR) is 174 cm³/mol. The molecule has 0 atom stereocenters. The van der Waals surface area contributed by atoms with Gasteiger partial charge in [-0.05, 0) is 24.1 Å². The van der Waals surface area contributed by atoms with Gasteiger partial charge in [0.25, 0.3) is 5.91 Å². The number of pyridine rings is 1. The van der Waals surface area contributed by atoms with Crippen molar-refractivity contribution < 1.29 is 32.9 Å². The maximum Gasteiger partial charge on any atom is 0.416 e. The number of likely N-dealkylation sites (tertiary alicyclic amines) is 1. The number of amides is 1. The second-order valence-electron chi connectivity index (χ2n) is 11.6. The summed E-state index contributed by atoms with van der Waals surface area (Å²) < 4.78 is 47.7. The number of carbonyl (C=O) groups is 1. The van der Waals surface area contributed by atoms with Gasteiger partial charge in [0.05, 0.1) is 58.7 Å². The number of aliphatic hydroxyl groups is 2. The van der Waals surface area contributed by atoms with E-state index in [2.05, 4.69) is 20.3 Å². The molecule has 2 aromatic heterocycles. The molecule has 1 fully saturated rings. The average Bonchev–Trinajstić information content (AvgIpc) is 3.04. The molecule has 4 aromatic rings. The van der Waals surface area contributed by atoms with Crippen molar-refractivity contribution in [1.29, 1.82) is 0 Å². The first kappa shape index (κ1) is 34.0. The first-order valence-corrected chi connectivity index (χ1v) is 15.8. The molecule has 0 bridgehead atoms. The Balaban J connectivity index is 1.28. The topological polar surface area (TPSA) is 124 Å². The normalized spacial score (nSPS) is 15.6. The van der Waals surface area contributed by atoms with Gasteiger partial charge in [-0.3, -0.25) is 19.6 Å². The zero-order chi connectivity index (χ0) is 34.2. The van der Waals surface area contributed by atoms with Crippen molar-refractivity contribution in [2.24, 2.45) is 0 Å². The van der Waals surface area contributed by atoms with Crippen molar-refractivity contribution in [3.63, 3.8) is 0 Å². The van der Waals surface area contributed by atoms with Gasteiger partial charge in [-0.15, -0.1) is 0 Å². The molecular weight excluding hydrogens is 672 g/mol. The zero-order valence-corrected chi connectivity index (χ0v) is 27.2. The Bertz CT molecular complexity index is 1860. The Morgan fingerprint density at radius 3 is 2.46 bits per heavy atom. The molecule has 15 heteroatoms. The Labute approximate surface area is 284 Å². The van der Waals surface area contributed by atoms with Gasteiger partial charge >= 0.3 is 6.18 Å². The van der Waals surface area contributed by atoms with Crippen molar-refractivity contribution in [2.75, 3.05) is 45.2 Å². The summed E-state index contributed by atoms with van der Waals surface area (Å²) in [6, 6.07) is 10.9. The zero-order valence-electron chi connectivity index (χ0n) is 25.7. The number of fused-ring (bicyclic) bond motifs is 1. The average molecular weight is 704 g/mol. The number of halogens is 5. The third-order valence-corrected chi connectivity index (χ3v) is 9.16. The van der Waals surface area contributed by atoms with E-state index in [1.807, 2.05) is 4.90 Å². The van der Waals surface area contributed by atoms with Crippen LogP contribution in [0.2, 0.25) is 10.0 Å². The van der Waals surface area contributed by atoms with Crippen molar-refractivity contribution in [2.45, 2.75) is 31.8 Å². The fourth-order valence-electron chi connectivity index (χ4n) is 5.94. The molecule has 0 unspecified atom stereocenters. The number of aliphatic hydroxyl groups excluding tert-OH is 2. The molecule has 6 rings (SSSR count). The van der Waals surface area contributed by atoms with Crippen LogP contribution in [0.4, 0.5) is 18.9 Å². The molecule has 3 N–H and O–H groups in total. The van der Waals surface area contributed by atoms with E-state index < -0.39 is 23.3 Å². The number of anilines is 1. The third-order valence-electron chi connectivity index (χ3n) is 8.34. The lowest BCUT2D eigenvalue weighted by Crippen LogP contribution is -2.50. The molecule has 1 amide bonds. The van der Waals surface area contributed by atoms with E-state index in [0.29, 0.717) is 65.2 Å². The van der Waals surface area contributed by atoms with E-state index in [4.69, 9.17) is 27.9 Å². The molecule has 0 aliphatic carbocycles. The van der Waals surface area contributed by atoms with Crippen LogP contribution in [0.1, 0.15) is 33.0 Å². The molecular formula is C33H31Cl2F3N6O4. The number of nitrogens with zero attached hydrogens (tertiary/aromatic N) is 5. The van der Waals surface area contributed by atoms with Crippen LogP contribution < -0.4 is 10.1 Å². The second-order valence-corrected chi connectivity index (χ2v) is 12.3. The van der Waals surface area contributed by atoms with Crippen LogP contribution in [0.3, 0.4) is 0 Å². The highest BCUT2D eigenvalue weighted by Crippen LogP contribution is 2.42. The lowest BCUT2D eigenvalue weighted by molar-refractivity contribution is -0.138. The van der Waals surface area contributed by atoms with Gasteiger partial charge in [-0.2, -0.15) is 13.2 Å². The lowest BCUT2D eigenvalue weighted by atomic mass is 9.97. The van der Waals surface area contributed by atoms with Crippen LogP contribution in [0.5, 0.6) is 5.88 Å². The molecule has 252 valence electrons. The van der Waals surface area contributed by atoms with Crippen molar-refractivity contribution >= 4 is 34.8 Å². The lowest BCUT2D eigenvalue weighted by Gasteiger charge is -2.35. The number of hydrogen-bond donors (Lipinski definition) is 3. The molecule has 2 aliphatic rings. The van der Waals surface area contributed by atoms with Crippen LogP contribution >= 0.6 is 23.2 Å². The van der Waals surface area contributed by atoms with Gasteiger partial charge in [-0.1, -0.05) is 53.5 Å². The smallest absolute Gasteiger partial charge is 0.416 e. The van der Waals surface area contributed by atoms with E-state index in [0.717, 1.165) is 6.07 Å². The Kier molecular flexibility index (Phi) is 9.88. The Hall–Kier alpha value is -3.85. The largest absolute Gasteiger partial charge is 0.480 e. The standard InChI is InChI=1S/C33H31Cl2F3N6O4/c1-48-32-28(17-44-14-18(46)15-44)39-13-26(42-32)22-6-2-4-19(29(22)34)20-5-3-7-24(30(20)35)41-31(47)25-12-23(33(36,37)38)21-8-9-43(10-11-45)16-27(21)40-25/h2-7,12-13,18,45-46H,8-11,14-17H2,1H3,(H,41,47). The van der Waals surface area contributed by atoms with Crippen molar-refractivity contribution in [3.8, 4) is 28.3 Å². The molecule has 2 aliphatic heterocycles. The maximum atomic E-state index is 14.1. The molecule has 0 saturated carbocycles. The second kappa shape index (κ2) is 13.9. The first-order chi connectivity index (χ1) is 23.0. The van der Waals surface area contributed by atoms with E-state index >= 15 is 0 Å². The van der Waals surface area contributed by atoms with E-state index in [1.54, 1.807) is 41.4 Å². The number of methoxy groups -OCH3 is 1. The summed E-state index contributed by atoms with van der Waals surface area (Å²) in [5, 5.41) is 21.9. The van der Waals surface area contributed by atoms with Crippen LogP contribution in [0, 0.1) is 0 Å². The number of aromatic nitrogens is 3. The number of β-amino-alcohol motifs (C(OH)–C–C–N with tert-alkyl or cyclic N) is 2. The number of ether oxygens (including phenoxy) is 1. The minimum absolute atomic E-state index is 0.0516. The summed E-state index contributed by atoms with van der Waals surface area (Å²) in [6.45, 7) is 2.10. The van der Waals surface area contributed by atoms with E-state index in [1.165, 1.54) is 13.2 Å². The van der Waals surface area contributed by atoms with Crippen molar-refractivity contribution in [3.05, 3.63) is 86.9 Å². The number of carbonyl (C=O) groups excluding carboxylic acids is 1. The van der Waals surface area contributed by atoms with E-state index in [9.17, 15) is 28.2 Å². The molecule has 10 nitrogen and oxygen atoms in total. The quantitative estimate of drug-likeness (QED) is 0.213. The Morgan fingerprint density at radius 1 is 1.06 bits per heavy atom. The van der Waals surface area contributed by atoms with Crippen LogP contribution in [0.15, 0.2) is 48.7 Å². The van der Waals surface area contributed by atoms with Crippen LogP contribution in [0.25, 0.3) is 22.4 Å². The highest BCUT2D eigenvalue weighted by Gasteiger charge is 2.37. The number of rotatable bonds is 9. The van der Waals surface area contributed by atoms with Gasteiger partial charge in [0.15, 0.2) is 0 Å². The number of alkyl halides is 3. The summed E-state index contributed by atoms with van der Waals surface area (Å²) in [7, 11) is 1.50. The van der Waals surface area contributed by atoms with Crippen LogP contribution in [-0.2, 0) is 25.7 Å². The number of hydrogen-bond acceptors (Lipinski definition) is 9. The summed E-state index contributed by atoms with van der Waals surface area (Å²) in [4.78, 5) is 30.6. The fourth-order valence-corrected chi connectivity index (χ4v) is 6.54. The molecule has 0 spiro atoms. The molecule has 48 heavy (non-hydrogen) atoms. The molecule has 2 aromatic carbocycles. The highest BCUT2D eigenvalue weighted by atomic mass is 35.5. The monoisotopic (exact) mass is 702 g/mol. The summed E-state index contributed by atoms with van der Waals surface area (Å²) in [5.41, 5.74) is 1.62. The molecule has 4 heterocycles. The molecule has 0 radical (unpaired) electrons. The minimum Gasteiger partial charge on any atom is -0.480 e. The summed E-state index contributed by atoms with van der Waals surface area (Å²) in [6.07, 6.45) is -3.36. The highest BCUT2D eigenvalue weighted by molar-refractivity contribution is 6.39. The maximum absolute atomic E-state index is 14.1. The Morgan fingerprint density at radius 2 is 1.77 bits per heavy atom. The first-order valence-electron chi connectivity index (χ1n) is 15.1. The molecule has 1 saturated heterocycles. The van der Waals surface area contributed by atoms with Gasteiger partial charge in [0.2, 0.25) is 5.88 Å². The van der Waals surface area contributed by atoms with Gasteiger partial charge < -0.3 is 20.3 Å². The SMILES string of the molecule is COc1nc(-c2cccc(-c3cccc(NC(=O)c4cc(C(F)(F)F)c5c(n4)CN(CCO)CC5)c3Cl)c2Cl)cnc1CN1CC(O)C1. The third kappa shape index (κ3) is 6.98. The van der Waals surface area contributed by atoms with E-state index in [-0.39, 0.29) is 54.2 Å².